The Kier molecular flexibility index (Phi) is 6.74. The molecule has 0 unspecified atom stereocenters. The maximum atomic E-state index is 11.1. The third kappa shape index (κ3) is 5.35. The first-order valence-corrected chi connectivity index (χ1v) is 6.67. The molecule has 1 rings (SSSR count). The van der Waals surface area contributed by atoms with Crippen LogP contribution in [0, 0.1) is 20.2 Å². The van der Waals surface area contributed by atoms with Crippen molar-refractivity contribution in [2.24, 2.45) is 0 Å². The van der Waals surface area contributed by atoms with E-state index >= 15 is 0 Å². The summed E-state index contributed by atoms with van der Waals surface area (Å²) in [5.74, 6) is -0.109. The molecule has 0 N–H and O–H groups in total. The van der Waals surface area contributed by atoms with Gasteiger partial charge in [0.2, 0.25) is 0 Å². The van der Waals surface area contributed by atoms with E-state index in [2.05, 4.69) is 0 Å². The molecular weight excluding hydrogens is 296 g/mol. The number of hydrogen-bond donors (Lipinski definition) is 0. The predicted molar refractivity (Wildman–Crippen MR) is 75.7 cm³/mol. The van der Waals surface area contributed by atoms with Crippen LogP contribution in [0.4, 0.5) is 11.4 Å². The zero-order valence-electron chi connectivity index (χ0n) is 12.0. The molecule has 0 aliphatic heterocycles. The first-order chi connectivity index (χ1) is 10.5. The van der Waals surface area contributed by atoms with E-state index in [1.54, 1.807) is 6.92 Å². The maximum Gasteiger partial charge on any atom is 0.349 e. The number of nitro groups is 2. The lowest BCUT2D eigenvalue weighted by Crippen LogP contribution is -2.05. The standard InChI is InChI=1S/C13H16N2O7/c1-2-21-13(16)5-3-4-8-22-10-6-7-11(14(17)18)12(9-10)15(19)20/h6-7,9H,2-5,8H2,1H3. The second-order valence-electron chi connectivity index (χ2n) is 4.28. The van der Waals surface area contributed by atoms with E-state index < -0.39 is 21.2 Å². The Labute approximate surface area is 126 Å². The molecule has 0 aliphatic rings. The van der Waals surface area contributed by atoms with Gasteiger partial charge in [-0.05, 0) is 25.8 Å². The van der Waals surface area contributed by atoms with Crippen molar-refractivity contribution in [1.29, 1.82) is 0 Å². The van der Waals surface area contributed by atoms with E-state index in [4.69, 9.17) is 9.47 Å². The van der Waals surface area contributed by atoms with Crippen LogP contribution in [0.5, 0.6) is 5.75 Å². The SMILES string of the molecule is CCOC(=O)CCCCOc1ccc([N+](=O)[O-])c([N+](=O)[O-])c1. The Bertz CT molecular complexity index is 559. The van der Waals surface area contributed by atoms with Crippen molar-refractivity contribution in [3.63, 3.8) is 0 Å². The van der Waals surface area contributed by atoms with Gasteiger partial charge in [-0.25, -0.2) is 0 Å². The molecule has 0 aromatic heterocycles. The van der Waals surface area contributed by atoms with Gasteiger partial charge in [-0.3, -0.25) is 25.0 Å². The van der Waals surface area contributed by atoms with Gasteiger partial charge < -0.3 is 9.47 Å². The number of hydrogen-bond acceptors (Lipinski definition) is 7. The van der Waals surface area contributed by atoms with Crippen molar-refractivity contribution in [2.75, 3.05) is 13.2 Å². The topological polar surface area (TPSA) is 122 Å². The van der Waals surface area contributed by atoms with Gasteiger partial charge in [0, 0.05) is 12.5 Å². The van der Waals surface area contributed by atoms with Gasteiger partial charge in [0.05, 0.1) is 29.1 Å². The minimum absolute atomic E-state index is 0.174. The summed E-state index contributed by atoms with van der Waals surface area (Å²) in [6.45, 7) is 2.30. The molecule has 0 radical (unpaired) electrons. The Hall–Kier alpha value is -2.71. The first-order valence-electron chi connectivity index (χ1n) is 6.67. The van der Waals surface area contributed by atoms with Crippen LogP contribution in [0.15, 0.2) is 18.2 Å². The summed E-state index contributed by atoms with van der Waals surface area (Å²) in [6.07, 6.45) is 1.40. The van der Waals surface area contributed by atoms with Crippen LogP contribution >= 0.6 is 0 Å². The normalized spacial score (nSPS) is 10.0. The van der Waals surface area contributed by atoms with Gasteiger partial charge in [-0.15, -0.1) is 0 Å². The summed E-state index contributed by atoms with van der Waals surface area (Å²) in [6, 6.07) is 3.35. The molecule has 0 fully saturated rings. The zero-order chi connectivity index (χ0) is 16.5. The van der Waals surface area contributed by atoms with Crippen molar-refractivity contribution >= 4 is 17.3 Å². The highest BCUT2D eigenvalue weighted by Gasteiger charge is 2.24. The van der Waals surface area contributed by atoms with Crippen LogP contribution in [0.3, 0.4) is 0 Å². The molecule has 0 saturated carbocycles. The molecule has 0 amide bonds. The molecule has 9 heteroatoms. The van der Waals surface area contributed by atoms with Gasteiger partial charge in [-0.1, -0.05) is 0 Å². The summed E-state index contributed by atoms with van der Waals surface area (Å²) in [5.41, 5.74) is -1.20. The van der Waals surface area contributed by atoms with E-state index in [-0.39, 0.29) is 24.7 Å². The van der Waals surface area contributed by atoms with Crippen molar-refractivity contribution in [3.05, 3.63) is 38.4 Å². The van der Waals surface area contributed by atoms with Crippen LogP contribution in [0.25, 0.3) is 0 Å². The number of benzene rings is 1. The fourth-order valence-electron chi connectivity index (χ4n) is 1.69. The molecular formula is C13H16N2O7. The molecule has 1 aromatic carbocycles. The number of ether oxygens (including phenoxy) is 2. The van der Waals surface area contributed by atoms with Crippen molar-refractivity contribution in [3.8, 4) is 5.75 Å². The monoisotopic (exact) mass is 312 g/mol. The number of carbonyl (C=O) groups excluding carboxylic acids is 1. The number of carbonyl (C=O) groups is 1. The Morgan fingerprint density at radius 1 is 1.14 bits per heavy atom. The number of nitrogens with zero attached hydrogens (tertiary/aromatic N) is 2. The van der Waals surface area contributed by atoms with Gasteiger partial charge in [0.25, 0.3) is 0 Å². The Morgan fingerprint density at radius 3 is 2.41 bits per heavy atom. The highest BCUT2D eigenvalue weighted by atomic mass is 16.6. The quantitative estimate of drug-likeness (QED) is 0.297. The summed E-state index contributed by atoms with van der Waals surface area (Å²) >= 11 is 0. The predicted octanol–water partition coefficient (Wildman–Crippen LogP) is 2.62. The molecule has 22 heavy (non-hydrogen) atoms. The summed E-state index contributed by atoms with van der Waals surface area (Å²) < 4.78 is 10.1. The first kappa shape index (κ1) is 17.3. The summed E-state index contributed by atoms with van der Waals surface area (Å²) in [7, 11) is 0. The van der Waals surface area contributed by atoms with Crippen molar-refractivity contribution in [2.45, 2.75) is 26.2 Å². The highest BCUT2D eigenvalue weighted by Crippen LogP contribution is 2.30. The van der Waals surface area contributed by atoms with E-state index in [0.29, 0.717) is 19.4 Å². The molecule has 120 valence electrons. The van der Waals surface area contributed by atoms with Gasteiger partial charge in [-0.2, -0.15) is 0 Å². The molecule has 0 aliphatic carbocycles. The smallest absolute Gasteiger partial charge is 0.349 e. The largest absolute Gasteiger partial charge is 0.493 e. The third-order valence-electron chi connectivity index (χ3n) is 2.69. The van der Waals surface area contributed by atoms with Gasteiger partial charge >= 0.3 is 17.3 Å². The molecule has 0 bridgehead atoms. The number of unbranched alkanes of at least 4 members (excludes halogenated alkanes) is 1. The molecule has 0 atom stereocenters. The molecule has 0 saturated heterocycles. The van der Waals surface area contributed by atoms with Gasteiger partial charge in [0.1, 0.15) is 5.75 Å². The maximum absolute atomic E-state index is 11.1. The van der Waals surface area contributed by atoms with E-state index in [1.165, 1.54) is 6.07 Å². The minimum Gasteiger partial charge on any atom is -0.493 e. The average molecular weight is 312 g/mol. The zero-order valence-corrected chi connectivity index (χ0v) is 12.0. The number of nitro benzene ring substituents is 2. The second kappa shape index (κ2) is 8.55. The number of esters is 1. The van der Waals surface area contributed by atoms with Crippen LogP contribution in [-0.2, 0) is 9.53 Å². The van der Waals surface area contributed by atoms with Crippen molar-refractivity contribution in [1.82, 2.24) is 0 Å². The number of rotatable bonds is 9. The average Bonchev–Trinajstić information content (AvgIpc) is 2.46. The summed E-state index contributed by atoms with van der Waals surface area (Å²) in [5, 5.41) is 21.5. The van der Waals surface area contributed by atoms with Crippen molar-refractivity contribution < 1.29 is 24.1 Å². The third-order valence-corrected chi connectivity index (χ3v) is 2.69. The summed E-state index contributed by atoms with van der Waals surface area (Å²) in [4.78, 5) is 30.9. The minimum atomic E-state index is -0.828. The van der Waals surface area contributed by atoms with Crippen LogP contribution in [-0.4, -0.2) is 29.0 Å². The lowest BCUT2D eigenvalue weighted by atomic mass is 10.2. The lowest BCUT2D eigenvalue weighted by molar-refractivity contribution is -0.422. The van der Waals surface area contributed by atoms with Gasteiger partial charge in [0.15, 0.2) is 0 Å². The Morgan fingerprint density at radius 2 is 1.82 bits per heavy atom. The van der Waals surface area contributed by atoms with Crippen LogP contribution in [0.1, 0.15) is 26.2 Å². The Balaban J connectivity index is 2.50. The molecule has 9 nitrogen and oxygen atoms in total. The lowest BCUT2D eigenvalue weighted by Gasteiger charge is -2.06. The van der Waals surface area contributed by atoms with Crippen LogP contribution < -0.4 is 4.74 Å². The molecule has 0 heterocycles. The molecule has 0 spiro atoms. The highest BCUT2D eigenvalue weighted by molar-refractivity contribution is 5.69. The fraction of sp³-hybridized carbons (Fsp3) is 0.462. The fourth-order valence-corrected chi connectivity index (χ4v) is 1.69. The van der Waals surface area contributed by atoms with E-state index in [0.717, 1.165) is 12.1 Å². The van der Waals surface area contributed by atoms with E-state index in [1.807, 2.05) is 0 Å². The van der Waals surface area contributed by atoms with Crippen LogP contribution in [0.2, 0.25) is 0 Å². The second-order valence-corrected chi connectivity index (χ2v) is 4.28. The molecule has 1 aromatic rings. The van der Waals surface area contributed by atoms with E-state index in [9.17, 15) is 25.0 Å².